The van der Waals surface area contributed by atoms with E-state index in [1.807, 2.05) is 0 Å². The molecular formula is C21H23NO. The zero-order valence-electron chi connectivity index (χ0n) is 13.7. The van der Waals surface area contributed by atoms with Crippen LogP contribution in [0.1, 0.15) is 47.4 Å². The third-order valence-electron chi connectivity index (χ3n) is 4.61. The van der Waals surface area contributed by atoms with Crippen molar-refractivity contribution in [3.8, 4) is 11.8 Å². The van der Waals surface area contributed by atoms with Crippen LogP contribution in [-0.4, -0.2) is 6.61 Å². The maximum absolute atomic E-state index is 9.38. The standard InChI is InChI=1S/C21H23NO/c1-16-7-9-18(10-8-16)20(15-22)6-3-13-23-21-12-11-17-4-2-5-19(17)14-21/h7-12,14,20H,2-6,13H2,1H3. The Bertz CT molecular complexity index is 697. The van der Waals surface area contributed by atoms with E-state index in [-0.39, 0.29) is 5.92 Å². The predicted molar refractivity (Wildman–Crippen MR) is 92.7 cm³/mol. The second kappa shape index (κ2) is 7.33. The molecule has 23 heavy (non-hydrogen) atoms. The summed E-state index contributed by atoms with van der Waals surface area (Å²) in [5.74, 6) is 0.925. The van der Waals surface area contributed by atoms with E-state index in [0.717, 1.165) is 24.2 Å². The lowest BCUT2D eigenvalue weighted by Crippen LogP contribution is -2.02. The Labute approximate surface area is 138 Å². The molecule has 0 spiro atoms. The van der Waals surface area contributed by atoms with Crippen LogP contribution in [0.5, 0.6) is 5.75 Å². The summed E-state index contributed by atoms with van der Waals surface area (Å²) in [6, 6.07) is 17.1. The number of aryl methyl sites for hydroxylation is 3. The van der Waals surface area contributed by atoms with Crippen LogP contribution >= 0.6 is 0 Å². The first-order chi connectivity index (χ1) is 11.3. The highest BCUT2D eigenvalue weighted by molar-refractivity contribution is 5.38. The molecule has 1 unspecified atom stereocenters. The number of rotatable bonds is 6. The number of nitriles is 1. The van der Waals surface area contributed by atoms with Gasteiger partial charge < -0.3 is 4.74 Å². The number of benzene rings is 2. The van der Waals surface area contributed by atoms with Crippen LogP contribution < -0.4 is 4.74 Å². The summed E-state index contributed by atoms with van der Waals surface area (Å²) in [5.41, 5.74) is 5.25. The van der Waals surface area contributed by atoms with Gasteiger partial charge in [0, 0.05) is 0 Å². The van der Waals surface area contributed by atoms with Crippen LogP contribution in [0.2, 0.25) is 0 Å². The van der Waals surface area contributed by atoms with Crippen LogP contribution in [0.15, 0.2) is 42.5 Å². The molecule has 0 saturated carbocycles. The highest BCUT2D eigenvalue weighted by Crippen LogP contribution is 2.26. The SMILES string of the molecule is Cc1ccc(C(C#N)CCCOc2ccc3c(c2)CCC3)cc1. The average Bonchev–Trinajstić information content (AvgIpc) is 3.04. The highest BCUT2D eigenvalue weighted by Gasteiger charge is 2.12. The first-order valence-electron chi connectivity index (χ1n) is 8.47. The number of ether oxygens (including phenoxy) is 1. The molecule has 0 fully saturated rings. The van der Waals surface area contributed by atoms with Crippen molar-refractivity contribution in [3.05, 3.63) is 64.7 Å². The molecule has 2 heteroatoms. The van der Waals surface area contributed by atoms with Gasteiger partial charge in [-0.2, -0.15) is 5.26 Å². The Morgan fingerprint density at radius 2 is 1.87 bits per heavy atom. The maximum Gasteiger partial charge on any atom is 0.119 e. The smallest absolute Gasteiger partial charge is 0.119 e. The average molecular weight is 305 g/mol. The van der Waals surface area contributed by atoms with Gasteiger partial charge in [0.15, 0.2) is 0 Å². The summed E-state index contributed by atoms with van der Waals surface area (Å²) in [7, 11) is 0. The molecule has 0 aliphatic heterocycles. The maximum atomic E-state index is 9.38. The van der Waals surface area contributed by atoms with Crippen LogP contribution in [0, 0.1) is 18.3 Å². The molecule has 0 radical (unpaired) electrons. The van der Waals surface area contributed by atoms with Gasteiger partial charge in [-0.1, -0.05) is 35.9 Å². The topological polar surface area (TPSA) is 33.0 Å². The monoisotopic (exact) mass is 305 g/mol. The molecule has 0 heterocycles. The van der Waals surface area contributed by atoms with Crippen molar-refractivity contribution in [2.45, 2.75) is 44.9 Å². The summed E-state index contributed by atoms with van der Waals surface area (Å²) in [6.07, 6.45) is 5.37. The van der Waals surface area contributed by atoms with Crippen molar-refractivity contribution in [3.63, 3.8) is 0 Å². The number of hydrogen-bond acceptors (Lipinski definition) is 2. The van der Waals surface area contributed by atoms with E-state index < -0.39 is 0 Å². The van der Waals surface area contributed by atoms with E-state index >= 15 is 0 Å². The summed E-state index contributed by atoms with van der Waals surface area (Å²) < 4.78 is 5.87. The lowest BCUT2D eigenvalue weighted by molar-refractivity contribution is 0.304. The molecule has 0 aromatic heterocycles. The second-order valence-electron chi connectivity index (χ2n) is 6.37. The van der Waals surface area contributed by atoms with Crippen molar-refractivity contribution < 1.29 is 4.74 Å². The van der Waals surface area contributed by atoms with Gasteiger partial charge in [-0.15, -0.1) is 0 Å². The Morgan fingerprint density at radius 3 is 2.65 bits per heavy atom. The highest BCUT2D eigenvalue weighted by atomic mass is 16.5. The van der Waals surface area contributed by atoms with Crippen molar-refractivity contribution in [2.24, 2.45) is 0 Å². The van der Waals surface area contributed by atoms with Gasteiger partial charge >= 0.3 is 0 Å². The fourth-order valence-electron chi connectivity index (χ4n) is 3.22. The molecule has 3 rings (SSSR count). The zero-order chi connectivity index (χ0) is 16.1. The number of nitrogens with zero attached hydrogens (tertiary/aromatic N) is 1. The summed E-state index contributed by atoms with van der Waals surface area (Å²) in [4.78, 5) is 0. The molecule has 2 aromatic carbocycles. The van der Waals surface area contributed by atoms with Crippen molar-refractivity contribution in [1.29, 1.82) is 5.26 Å². The first-order valence-corrected chi connectivity index (χ1v) is 8.47. The van der Waals surface area contributed by atoms with Crippen LogP contribution in [0.4, 0.5) is 0 Å². The lowest BCUT2D eigenvalue weighted by Gasteiger charge is -2.11. The predicted octanol–water partition coefficient (Wildman–Crippen LogP) is 4.95. The van der Waals surface area contributed by atoms with Gasteiger partial charge in [0.05, 0.1) is 18.6 Å². The van der Waals surface area contributed by atoms with E-state index in [9.17, 15) is 5.26 Å². The lowest BCUT2D eigenvalue weighted by atomic mass is 9.95. The van der Waals surface area contributed by atoms with Crippen LogP contribution in [0.3, 0.4) is 0 Å². The Hall–Kier alpha value is -2.27. The second-order valence-corrected chi connectivity index (χ2v) is 6.37. The molecule has 0 saturated heterocycles. The quantitative estimate of drug-likeness (QED) is 0.707. The summed E-state index contributed by atoms with van der Waals surface area (Å²) >= 11 is 0. The Balaban J connectivity index is 1.49. The molecule has 1 aliphatic rings. The first kappa shape index (κ1) is 15.6. The fourth-order valence-corrected chi connectivity index (χ4v) is 3.22. The molecular weight excluding hydrogens is 282 g/mol. The van der Waals surface area contributed by atoms with Crippen LogP contribution in [0.25, 0.3) is 0 Å². The summed E-state index contributed by atoms with van der Waals surface area (Å²) in [6.45, 7) is 2.73. The molecule has 1 aliphatic carbocycles. The van der Waals surface area contributed by atoms with Crippen molar-refractivity contribution >= 4 is 0 Å². The van der Waals surface area contributed by atoms with E-state index in [1.165, 1.54) is 36.0 Å². The van der Waals surface area contributed by atoms with Crippen LogP contribution in [-0.2, 0) is 12.8 Å². The van der Waals surface area contributed by atoms with E-state index in [2.05, 4.69) is 55.5 Å². The Morgan fingerprint density at radius 1 is 1.09 bits per heavy atom. The molecule has 0 N–H and O–H groups in total. The largest absolute Gasteiger partial charge is 0.494 e. The third kappa shape index (κ3) is 3.93. The number of fused-ring (bicyclic) bond motifs is 1. The minimum absolute atomic E-state index is 0.0424. The molecule has 0 bridgehead atoms. The third-order valence-corrected chi connectivity index (χ3v) is 4.61. The van der Waals surface area contributed by atoms with E-state index in [4.69, 9.17) is 4.74 Å². The Kier molecular flexibility index (Phi) is 4.98. The van der Waals surface area contributed by atoms with Gasteiger partial charge in [-0.05, 0) is 67.9 Å². The van der Waals surface area contributed by atoms with Crippen molar-refractivity contribution in [1.82, 2.24) is 0 Å². The molecule has 118 valence electrons. The van der Waals surface area contributed by atoms with Gasteiger partial charge in [0.25, 0.3) is 0 Å². The fraction of sp³-hybridized carbons (Fsp3) is 0.381. The van der Waals surface area contributed by atoms with Gasteiger partial charge in [-0.25, -0.2) is 0 Å². The zero-order valence-corrected chi connectivity index (χ0v) is 13.7. The normalized spacial score (nSPS) is 14.1. The van der Waals surface area contributed by atoms with Crippen molar-refractivity contribution in [2.75, 3.05) is 6.61 Å². The van der Waals surface area contributed by atoms with Gasteiger partial charge in [-0.3, -0.25) is 0 Å². The molecule has 2 aromatic rings. The molecule has 1 atom stereocenters. The van der Waals surface area contributed by atoms with Gasteiger partial charge in [0.2, 0.25) is 0 Å². The minimum Gasteiger partial charge on any atom is -0.494 e. The van der Waals surface area contributed by atoms with Gasteiger partial charge in [0.1, 0.15) is 5.75 Å². The van der Waals surface area contributed by atoms with E-state index in [0.29, 0.717) is 6.61 Å². The van der Waals surface area contributed by atoms with E-state index in [1.54, 1.807) is 0 Å². The molecule has 0 amide bonds. The summed E-state index contributed by atoms with van der Waals surface area (Å²) in [5, 5.41) is 9.38. The minimum atomic E-state index is -0.0424. The number of hydrogen-bond donors (Lipinski definition) is 0. The molecule has 2 nitrogen and oxygen atoms in total.